The monoisotopic (exact) mass is 934 g/mol. The normalized spacial score (nSPS) is 19.8. The van der Waals surface area contributed by atoms with Crippen LogP contribution < -0.4 is 21.3 Å². The number of cyclic esters (lactones) is 2. The Bertz CT molecular complexity index is 2500. The Morgan fingerprint density at radius 2 is 1.17 bits per heavy atom. The second-order valence-corrected chi connectivity index (χ2v) is 19.8. The van der Waals surface area contributed by atoms with Crippen LogP contribution in [0.4, 0.5) is 21.0 Å². The highest BCUT2D eigenvalue weighted by Crippen LogP contribution is 2.24. The summed E-state index contributed by atoms with van der Waals surface area (Å²) in [5.74, 6) is -0.519. The van der Waals surface area contributed by atoms with Gasteiger partial charge in [0.1, 0.15) is 43.1 Å². The Morgan fingerprint density at radius 1 is 0.714 bits per heavy atom. The lowest BCUT2D eigenvalue weighted by molar-refractivity contribution is -0.151. The zero-order valence-electron chi connectivity index (χ0n) is 35.0. The maximum Gasteiger partial charge on any atom is 0.414 e. The van der Waals surface area contributed by atoms with Crippen molar-refractivity contribution in [2.45, 2.75) is 31.8 Å². The second-order valence-electron chi connectivity index (χ2n) is 14.8. The molecule has 0 aliphatic carbocycles. The van der Waals surface area contributed by atoms with Crippen LogP contribution in [0.5, 0.6) is 0 Å². The van der Waals surface area contributed by atoms with E-state index in [4.69, 9.17) is 25.7 Å². The van der Waals surface area contributed by atoms with E-state index in [1.165, 1.54) is 17.0 Å². The van der Waals surface area contributed by atoms with Crippen molar-refractivity contribution in [1.29, 1.82) is 0 Å². The van der Waals surface area contributed by atoms with Crippen LogP contribution in [0.2, 0.25) is 0 Å². The number of nitrogens with two attached hydrogens (primary N) is 2. The third-order valence-electron chi connectivity index (χ3n) is 9.68. The molecule has 3 heterocycles. The van der Waals surface area contributed by atoms with Gasteiger partial charge >= 0.3 is 18.2 Å². The summed E-state index contributed by atoms with van der Waals surface area (Å²) in [6.07, 6.45) is 0.700. The van der Waals surface area contributed by atoms with E-state index in [-0.39, 0.29) is 49.5 Å². The van der Waals surface area contributed by atoms with E-state index in [1.54, 1.807) is 41.3 Å². The SMILES string of the molecule is CC(C(=O)OCc1ccccc1)N1CCN(CC2CN(c3ccc(C(N)=NS(C)(=O)=O)cc3)C(=O)O2)CC1.CS(=O)(=O)N=C(N)c1ccc(N2CC(COS(C)(=O)=O)OC2=O)cc1. The first kappa shape index (κ1) is 48.4. The van der Waals surface area contributed by atoms with Gasteiger partial charge in [-0.3, -0.25) is 28.6 Å². The van der Waals surface area contributed by atoms with Crippen LogP contribution in [0.3, 0.4) is 0 Å². The van der Waals surface area contributed by atoms with E-state index >= 15 is 0 Å². The van der Waals surface area contributed by atoms with Gasteiger partial charge in [0.25, 0.3) is 30.2 Å². The summed E-state index contributed by atoms with van der Waals surface area (Å²) in [6, 6.07) is 22.0. The molecule has 3 aliphatic heterocycles. The molecule has 24 heteroatoms. The van der Waals surface area contributed by atoms with Gasteiger partial charge in [-0.25, -0.2) is 26.4 Å². The lowest BCUT2D eigenvalue weighted by Crippen LogP contribution is -2.53. The molecule has 3 unspecified atom stereocenters. The Morgan fingerprint density at radius 3 is 1.63 bits per heavy atom. The molecule has 21 nitrogen and oxygen atoms in total. The highest BCUT2D eigenvalue weighted by Gasteiger charge is 2.36. The van der Waals surface area contributed by atoms with Gasteiger partial charge in [0.05, 0.1) is 31.9 Å². The number of hydrogen-bond acceptors (Lipinski definition) is 15. The first-order valence-electron chi connectivity index (χ1n) is 19.3. The Labute approximate surface area is 366 Å². The third kappa shape index (κ3) is 15.0. The number of carbonyl (C=O) groups is 3. The lowest BCUT2D eigenvalue weighted by Gasteiger charge is -2.37. The average Bonchev–Trinajstić information content (AvgIpc) is 3.79. The summed E-state index contributed by atoms with van der Waals surface area (Å²) in [7, 11) is -10.8. The third-order valence-corrected chi connectivity index (χ3v) is 11.3. The molecule has 6 rings (SSSR count). The molecule has 63 heavy (non-hydrogen) atoms. The van der Waals surface area contributed by atoms with Crippen LogP contribution in [-0.2, 0) is 60.0 Å². The highest BCUT2D eigenvalue weighted by molar-refractivity contribution is 7.89. The Hall–Kier alpha value is -5.66. The number of hydrogen-bond donors (Lipinski definition) is 2. The summed E-state index contributed by atoms with van der Waals surface area (Å²) >= 11 is 0. The Kier molecular flexibility index (Phi) is 15.9. The molecule has 342 valence electrons. The van der Waals surface area contributed by atoms with Crippen LogP contribution in [-0.4, -0.2) is 154 Å². The molecule has 4 N–H and O–H groups in total. The van der Waals surface area contributed by atoms with E-state index in [1.807, 2.05) is 37.3 Å². The van der Waals surface area contributed by atoms with Gasteiger partial charge in [0.15, 0.2) is 0 Å². The first-order valence-corrected chi connectivity index (χ1v) is 24.8. The summed E-state index contributed by atoms with van der Waals surface area (Å²) in [4.78, 5) is 44.1. The number of ether oxygens (including phenoxy) is 3. The summed E-state index contributed by atoms with van der Waals surface area (Å²) in [5, 5.41) is 0. The molecule has 3 aliphatic rings. The quantitative estimate of drug-likeness (QED) is 0.0709. The summed E-state index contributed by atoms with van der Waals surface area (Å²) in [6.45, 7) is 5.88. The predicted molar refractivity (Wildman–Crippen MR) is 234 cm³/mol. The number of amidine groups is 2. The van der Waals surface area contributed by atoms with Crippen LogP contribution in [0.25, 0.3) is 0 Å². The van der Waals surface area contributed by atoms with Crippen molar-refractivity contribution in [1.82, 2.24) is 9.80 Å². The van der Waals surface area contributed by atoms with Crippen LogP contribution >= 0.6 is 0 Å². The van der Waals surface area contributed by atoms with Crippen molar-refractivity contribution in [2.75, 3.05) is 81.0 Å². The van der Waals surface area contributed by atoms with Crippen LogP contribution in [0.15, 0.2) is 87.7 Å². The molecule has 0 radical (unpaired) electrons. The fourth-order valence-electron chi connectivity index (χ4n) is 6.55. The molecule has 3 atom stereocenters. The van der Waals surface area contributed by atoms with Crippen molar-refractivity contribution in [3.05, 3.63) is 95.6 Å². The van der Waals surface area contributed by atoms with E-state index in [2.05, 4.69) is 22.8 Å². The minimum Gasteiger partial charge on any atom is -0.460 e. The number of piperazine rings is 1. The van der Waals surface area contributed by atoms with E-state index in [0.29, 0.717) is 48.7 Å². The molecule has 3 saturated heterocycles. The van der Waals surface area contributed by atoms with Gasteiger partial charge in [-0.1, -0.05) is 30.3 Å². The predicted octanol–water partition coefficient (Wildman–Crippen LogP) is 1.08. The molecular weight excluding hydrogens is 885 g/mol. The first-order chi connectivity index (χ1) is 29.5. The maximum absolute atomic E-state index is 12.5. The number of esters is 1. The molecule has 3 fully saturated rings. The standard InChI is InChI=1S/C26H33N5O6S.C13H17N3O7S2/c1-19(25(32)36-18-20-6-4-3-5-7-20)30-14-12-29(13-15-30)16-23-17-31(26(33)37-23)22-10-8-21(9-11-22)24(27)28-38(2,34)35;1-24(18,19)15-12(14)9-3-5-10(6-4-9)16-7-11(23-13(16)17)8-22-25(2,20)21/h3-11,19,23H,12-18H2,1-2H3,(H2,27,28);3-6,11H,7-8H2,1-2H3,(H2,14,15). The smallest absolute Gasteiger partial charge is 0.414 e. The number of benzene rings is 3. The van der Waals surface area contributed by atoms with E-state index < -0.39 is 48.5 Å². The van der Waals surface area contributed by atoms with Crippen molar-refractivity contribution in [3.8, 4) is 0 Å². The summed E-state index contributed by atoms with van der Waals surface area (Å²) < 4.78 is 94.4. The highest BCUT2D eigenvalue weighted by atomic mass is 32.2. The minimum absolute atomic E-state index is 0.112. The van der Waals surface area contributed by atoms with Crippen molar-refractivity contribution in [3.63, 3.8) is 0 Å². The lowest BCUT2D eigenvalue weighted by atomic mass is 10.1. The Balaban J connectivity index is 0.000000260. The topological polar surface area (TPSA) is 280 Å². The molecule has 0 bridgehead atoms. The number of amides is 2. The van der Waals surface area contributed by atoms with E-state index in [9.17, 15) is 39.6 Å². The fraction of sp³-hybridized carbons (Fsp3) is 0.410. The molecule has 2 amide bonds. The van der Waals surface area contributed by atoms with Crippen LogP contribution in [0.1, 0.15) is 23.6 Å². The number of anilines is 2. The fourth-order valence-corrected chi connectivity index (χ4v) is 7.88. The summed E-state index contributed by atoms with van der Waals surface area (Å²) in [5.41, 5.74) is 14.2. The zero-order chi connectivity index (χ0) is 46.1. The molecule has 3 aromatic carbocycles. The van der Waals surface area contributed by atoms with Crippen molar-refractivity contribution in [2.24, 2.45) is 20.3 Å². The molecular formula is C39H50N8O13S3. The van der Waals surface area contributed by atoms with E-state index in [0.717, 1.165) is 37.4 Å². The maximum atomic E-state index is 12.5. The van der Waals surface area contributed by atoms with Gasteiger partial charge in [0, 0.05) is 55.2 Å². The minimum atomic E-state index is -3.63. The van der Waals surface area contributed by atoms with Crippen LogP contribution in [0, 0.1) is 0 Å². The number of sulfonamides is 2. The zero-order valence-corrected chi connectivity index (χ0v) is 37.4. The average molecular weight is 935 g/mol. The molecule has 0 saturated carbocycles. The molecule has 0 aromatic heterocycles. The van der Waals surface area contributed by atoms with Gasteiger partial charge in [0.2, 0.25) is 0 Å². The number of carbonyl (C=O) groups excluding carboxylic acids is 3. The van der Waals surface area contributed by atoms with Gasteiger partial charge in [-0.15, -0.1) is 8.80 Å². The van der Waals surface area contributed by atoms with Gasteiger partial charge in [-0.2, -0.15) is 8.42 Å². The molecule has 3 aromatic rings. The van der Waals surface area contributed by atoms with Gasteiger partial charge in [-0.05, 0) is 61.0 Å². The second kappa shape index (κ2) is 20.7. The van der Waals surface area contributed by atoms with Crippen molar-refractivity contribution < 1.29 is 58.0 Å². The molecule has 0 spiro atoms. The van der Waals surface area contributed by atoms with Crippen molar-refractivity contribution >= 4 is 71.4 Å². The number of rotatable bonds is 15. The van der Waals surface area contributed by atoms with Gasteiger partial charge < -0.3 is 25.7 Å². The largest absolute Gasteiger partial charge is 0.460 e. The number of nitrogens with zero attached hydrogens (tertiary/aromatic N) is 6.